The van der Waals surface area contributed by atoms with Crippen molar-refractivity contribution < 1.29 is 28.7 Å². The SMILES string of the molecule is COc1ccc(Oc2cccc(C3C4C(=O)N(c5ccccc5C)C(=O)C4ON3CC(N)=O)c2)cc1. The van der Waals surface area contributed by atoms with Crippen LogP contribution in [0.25, 0.3) is 0 Å². The summed E-state index contributed by atoms with van der Waals surface area (Å²) in [5.74, 6) is -0.531. The van der Waals surface area contributed by atoms with Crippen LogP contribution in [0.1, 0.15) is 17.2 Å². The number of amides is 3. The van der Waals surface area contributed by atoms with Gasteiger partial charge in [0.05, 0.1) is 24.8 Å². The number of ether oxygens (including phenoxy) is 2. The molecule has 0 aliphatic carbocycles. The summed E-state index contributed by atoms with van der Waals surface area (Å²) in [4.78, 5) is 45.8. The maximum atomic E-state index is 13.6. The van der Waals surface area contributed by atoms with Gasteiger partial charge in [-0.15, -0.1) is 0 Å². The molecule has 3 unspecified atom stereocenters. The van der Waals surface area contributed by atoms with E-state index in [9.17, 15) is 14.4 Å². The molecule has 2 fully saturated rings. The van der Waals surface area contributed by atoms with Crippen LogP contribution in [0.5, 0.6) is 17.2 Å². The molecule has 2 heterocycles. The molecule has 2 aliphatic heterocycles. The quantitative estimate of drug-likeness (QED) is 0.510. The van der Waals surface area contributed by atoms with Gasteiger partial charge >= 0.3 is 0 Å². The van der Waals surface area contributed by atoms with Gasteiger partial charge in [0.25, 0.3) is 5.91 Å². The Morgan fingerprint density at radius 2 is 1.67 bits per heavy atom. The topological polar surface area (TPSA) is 111 Å². The molecular weight excluding hydrogens is 462 g/mol. The number of primary amides is 1. The molecule has 0 spiro atoms. The zero-order valence-electron chi connectivity index (χ0n) is 19.8. The van der Waals surface area contributed by atoms with Crippen LogP contribution in [-0.4, -0.2) is 42.5 Å². The number of carbonyl (C=O) groups is 3. The van der Waals surface area contributed by atoms with E-state index in [2.05, 4.69) is 0 Å². The average Bonchev–Trinajstić information content (AvgIpc) is 3.34. The molecular formula is C27H25N3O6. The minimum absolute atomic E-state index is 0.272. The first-order valence-corrected chi connectivity index (χ1v) is 11.4. The summed E-state index contributed by atoms with van der Waals surface area (Å²) in [5, 5.41) is 1.33. The van der Waals surface area contributed by atoms with Gasteiger partial charge in [0.15, 0.2) is 6.10 Å². The molecule has 3 atom stereocenters. The standard InChI is InChI=1S/C27H25N3O6/c1-16-6-3-4-9-21(16)30-26(32)23-24(29(15-22(28)31)36-25(23)27(30)33)17-7-5-8-20(14-17)35-19-12-10-18(34-2)11-13-19/h3-14,23-25H,15H2,1-2H3,(H2,28,31). The Balaban J connectivity index is 1.48. The van der Waals surface area contributed by atoms with Crippen molar-refractivity contribution >= 4 is 23.4 Å². The number of carbonyl (C=O) groups excluding carboxylic acids is 3. The van der Waals surface area contributed by atoms with Crippen LogP contribution in [0.3, 0.4) is 0 Å². The third-order valence-corrected chi connectivity index (χ3v) is 6.36. The second-order valence-electron chi connectivity index (χ2n) is 8.69. The molecule has 9 nitrogen and oxygen atoms in total. The highest BCUT2D eigenvalue weighted by molar-refractivity contribution is 6.24. The number of fused-ring (bicyclic) bond motifs is 1. The molecule has 36 heavy (non-hydrogen) atoms. The van der Waals surface area contributed by atoms with Gasteiger partial charge < -0.3 is 15.2 Å². The summed E-state index contributed by atoms with van der Waals surface area (Å²) < 4.78 is 11.2. The third kappa shape index (κ3) is 4.19. The molecule has 0 bridgehead atoms. The second-order valence-corrected chi connectivity index (χ2v) is 8.69. The summed E-state index contributed by atoms with van der Waals surface area (Å²) in [5.41, 5.74) is 7.41. The van der Waals surface area contributed by atoms with Crippen molar-refractivity contribution in [3.05, 3.63) is 83.9 Å². The zero-order chi connectivity index (χ0) is 25.4. The van der Waals surface area contributed by atoms with Crippen molar-refractivity contribution in [2.75, 3.05) is 18.6 Å². The fraction of sp³-hybridized carbons (Fsp3) is 0.222. The van der Waals surface area contributed by atoms with E-state index in [1.807, 2.05) is 19.1 Å². The number of hydrogen-bond donors (Lipinski definition) is 1. The van der Waals surface area contributed by atoms with E-state index in [-0.39, 0.29) is 6.54 Å². The summed E-state index contributed by atoms with van der Waals surface area (Å²) in [6.45, 7) is 1.56. The highest BCUT2D eigenvalue weighted by atomic mass is 16.7. The molecule has 184 valence electrons. The van der Waals surface area contributed by atoms with Crippen LogP contribution < -0.4 is 20.1 Å². The van der Waals surface area contributed by atoms with Crippen molar-refractivity contribution in [3.63, 3.8) is 0 Å². The second kappa shape index (κ2) is 9.44. The van der Waals surface area contributed by atoms with Crippen LogP contribution in [0.2, 0.25) is 0 Å². The molecule has 9 heteroatoms. The predicted octanol–water partition coefficient (Wildman–Crippen LogP) is 3.13. The van der Waals surface area contributed by atoms with Crippen LogP contribution in [0.15, 0.2) is 72.8 Å². The minimum Gasteiger partial charge on any atom is -0.497 e. The molecule has 0 aromatic heterocycles. The average molecular weight is 488 g/mol. The molecule has 2 aliphatic rings. The first kappa shape index (κ1) is 23.5. The van der Waals surface area contributed by atoms with Crippen molar-refractivity contribution in [2.45, 2.75) is 19.1 Å². The number of nitrogens with zero attached hydrogens (tertiary/aromatic N) is 2. The maximum absolute atomic E-state index is 13.6. The van der Waals surface area contributed by atoms with Gasteiger partial charge in [-0.1, -0.05) is 30.3 Å². The lowest BCUT2D eigenvalue weighted by Crippen LogP contribution is -2.40. The Hall–Kier alpha value is -4.21. The van der Waals surface area contributed by atoms with E-state index in [0.29, 0.717) is 28.5 Å². The highest BCUT2D eigenvalue weighted by Crippen LogP contribution is 2.46. The summed E-state index contributed by atoms with van der Waals surface area (Å²) >= 11 is 0. The lowest BCUT2D eigenvalue weighted by atomic mass is 9.90. The Morgan fingerprint density at radius 3 is 2.36 bits per heavy atom. The molecule has 2 saturated heterocycles. The monoisotopic (exact) mass is 487 g/mol. The number of hydroxylamine groups is 2. The van der Waals surface area contributed by atoms with E-state index in [0.717, 1.165) is 5.56 Å². The van der Waals surface area contributed by atoms with Gasteiger partial charge in [-0.25, -0.2) is 4.90 Å². The number of nitrogens with two attached hydrogens (primary N) is 1. The van der Waals surface area contributed by atoms with Crippen molar-refractivity contribution in [1.82, 2.24) is 5.06 Å². The predicted molar refractivity (Wildman–Crippen MR) is 130 cm³/mol. The Bertz CT molecular complexity index is 1330. The zero-order valence-corrected chi connectivity index (χ0v) is 19.8. The molecule has 2 N–H and O–H groups in total. The summed E-state index contributed by atoms with van der Waals surface area (Å²) in [6, 6.07) is 20.7. The van der Waals surface area contributed by atoms with E-state index in [1.54, 1.807) is 67.8 Å². The van der Waals surface area contributed by atoms with Gasteiger partial charge in [-0.2, -0.15) is 5.06 Å². The van der Waals surface area contributed by atoms with Crippen LogP contribution in [-0.2, 0) is 19.2 Å². The molecule has 0 saturated carbocycles. The third-order valence-electron chi connectivity index (χ3n) is 6.36. The molecule has 3 amide bonds. The van der Waals surface area contributed by atoms with Gasteiger partial charge in [0, 0.05) is 0 Å². The first-order chi connectivity index (χ1) is 17.4. The lowest BCUT2D eigenvalue weighted by molar-refractivity contribution is -0.175. The van der Waals surface area contributed by atoms with E-state index >= 15 is 0 Å². The first-order valence-electron chi connectivity index (χ1n) is 11.4. The van der Waals surface area contributed by atoms with E-state index in [4.69, 9.17) is 20.0 Å². The van der Waals surface area contributed by atoms with Gasteiger partial charge in [-0.05, 0) is 60.5 Å². The normalized spacial score (nSPS) is 21.5. The summed E-state index contributed by atoms with van der Waals surface area (Å²) in [6.07, 6.45) is -1.06. The molecule has 3 aromatic carbocycles. The van der Waals surface area contributed by atoms with Crippen molar-refractivity contribution in [1.29, 1.82) is 0 Å². The number of methoxy groups -OCH3 is 1. The van der Waals surface area contributed by atoms with E-state index < -0.39 is 35.8 Å². The van der Waals surface area contributed by atoms with Gasteiger partial charge in [0.2, 0.25) is 11.8 Å². The largest absolute Gasteiger partial charge is 0.497 e. The molecule has 0 radical (unpaired) electrons. The number of aryl methyl sites for hydroxylation is 1. The minimum atomic E-state index is -1.06. The van der Waals surface area contributed by atoms with Crippen LogP contribution >= 0.6 is 0 Å². The number of para-hydroxylation sites is 1. The molecule has 5 rings (SSSR count). The van der Waals surface area contributed by atoms with Gasteiger partial charge in [-0.3, -0.25) is 19.2 Å². The summed E-state index contributed by atoms with van der Waals surface area (Å²) in [7, 11) is 1.59. The van der Waals surface area contributed by atoms with Gasteiger partial charge in [0.1, 0.15) is 23.8 Å². The van der Waals surface area contributed by atoms with Crippen molar-refractivity contribution in [3.8, 4) is 17.2 Å². The Morgan fingerprint density at radius 1 is 0.944 bits per heavy atom. The van der Waals surface area contributed by atoms with Crippen molar-refractivity contribution in [2.24, 2.45) is 11.7 Å². The fourth-order valence-electron chi connectivity index (χ4n) is 4.73. The number of anilines is 1. The molecule has 3 aromatic rings. The Labute approximate surface area is 207 Å². The lowest BCUT2D eigenvalue weighted by Gasteiger charge is -2.27. The number of rotatable bonds is 7. The number of benzene rings is 3. The van der Waals surface area contributed by atoms with E-state index in [1.165, 1.54) is 9.96 Å². The smallest absolute Gasteiger partial charge is 0.265 e. The highest BCUT2D eigenvalue weighted by Gasteiger charge is 2.60. The van der Waals surface area contributed by atoms with Crippen LogP contribution in [0, 0.1) is 12.8 Å². The maximum Gasteiger partial charge on any atom is 0.265 e. The van der Waals surface area contributed by atoms with Crippen LogP contribution in [0.4, 0.5) is 5.69 Å². The number of hydrogen-bond acceptors (Lipinski definition) is 7. The number of imide groups is 1. The Kier molecular flexibility index (Phi) is 6.17. The fourth-order valence-corrected chi connectivity index (χ4v) is 4.73.